The van der Waals surface area contributed by atoms with Crippen molar-refractivity contribution in [2.45, 2.75) is 51.4 Å². The molecule has 0 aliphatic carbocycles. The second-order valence-corrected chi connectivity index (χ2v) is 17.6. The Hall–Kier alpha value is -0.880. The van der Waals surface area contributed by atoms with Crippen LogP contribution in [-0.2, 0) is 37.9 Å². The fraction of sp³-hybridized carbons (Fsp3) is 1.00. The Labute approximate surface area is 434 Å². The average molecular weight is 1050 g/mol. The molecule has 8 N–H and O–H groups in total. The first-order valence-corrected chi connectivity index (χ1v) is 27.3. The van der Waals surface area contributed by atoms with E-state index < -0.39 is 0 Å². The number of nitrogens with zero attached hydrogens (tertiary/aromatic N) is 6. The number of rotatable bonds is 63. The van der Waals surface area contributed by atoms with Crippen LogP contribution < -0.4 is 0 Å². The zero-order valence-corrected chi connectivity index (χ0v) is 44.9. The van der Waals surface area contributed by atoms with Gasteiger partial charge in [-0.1, -0.05) is 0 Å². The van der Waals surface area contributed by atoms with Gasteiger partial charge in [-0.3, -0.25) is 29.4 Å². The van der Waals surface area contributed by atoms with Crippen LogP contribution >= 0.6 is 0 Å². The molecule has 0 unspecified atom stereocenters. The molecule has 0 atom stereocenters. The lowest BCUT2D eigenvalue weighted by atomic mass is 10.3. The molecule has 0 aliphatic rings. The quantitative estimate of drug-likeness (QED) is 0.0307. The summed E-state index contributed by atoms with van der Waals surface area (Å²) in [7, 11) is 0. The van der Waals surface area contributed by atoms with Crippen LogP contribution in [-0.4, -0.2) is 347 Å². The summed E-state index contributed by atoms with van der Waals surface area (Å²) >= 11 is 0. The van der Waals surface area contributed by atoms with Crippen LogP contribution in [0.5, 0.6) is 0 Å². The average Bonchev–Trinajstić information content (AvgIpc) is 3.39. The van der Waals surface area contributed by atoms with Gasteiger partial charge in [-0.2, -0.15) is 0 Å². The smallest absolute Gasteiger partial charge is 0.0593 e. The minimum absolute atomic E-state index is 0.0877. The molecule has 0 fully saturated rings. The van der Waals surface area contributed by atoms with E-state index >= 15 is 0 Å². The monoisotopic (exact) mass is 1050 g/mol. The van der Waals surface area contributed by atoms with Crippen LogP contribution in [0.25, 0.3) is 0 Å². The third-order valence-electron chi connectivity index (χ3n) is 11.7. The van der Waals surface area contributed by atoms with Gasteiger partial charge >= 0.3 is 0 Å². The minimum atomic E-state index is 0.0877. The molecule has 22 heteroatoms. The maximum atomic E-state index is 9.29. The normalized spacial score (nSPS) is 12.2. The molecule has 0 bridgehead atoms. The fourth-order valence-corrected chi connectivity index (χ4v) is 7.13. The van der Waals surface area contributed by atoms with Gasteiger partial charge in [0.2, 0.25) is 0 Å². The summed E-state index contributed by atoms with van der Waals surface area (Å²) < 4.78 is 46.9. The zero-order valence-electron chi connectivity index (χ0n) is 44.9. The lowest BCUT2D eigenvalue weighted by Crippen LogP contribution is -2.47. The topological polar surface area (TPSA) is 255 Å². The van der Waals surface area contributed by atoms with Gasteiger partial charge in [0.25, 0.3) is 0 Å². The molecule has 0 radical (unpaired) electrons. The van der Waals surface area contributed by atoms with Crippen molar-refractivity contribution in [2.24, 2.45) is 0 Å². The van der Waals surface area contributed by atoms with E-state index in [1.54, 1.807) is 0 Å². The number of ether oxygens (including phenoxy) is 8. The van der Waals surface area contributed by atoms with Crippen molar-refractivity contribution >= 4 is 0 Å². The third kappa shape index (κ3) is 50.0. The van der Waals surface area contributed by atoms with E-state index in [2.05, 4.69) is 29.4 Å². The predicted molar refractivity (Wildman–Crippen MR) is 279 cm³/mol. The largest absolute Gasteiger partial charge is 0.396 e. The molecule has 0 saturated carbocycles. The molecule has 0 aromatic carbocycles. The molecular formula is C50H108N6O16. The summed E-state index contributed by atoms with van der Waals surface area (Å²) in [6, 6.07) is 0. The van der Waals surface area contributed by atoms with Crippen molar-refractivity contribution in [3.8, 4) is 0 Å². The summed E-state index contributed by atoms with van der Waals surface area (Å²) in [6.07, 6.45) is 4.72. The van der Waals surface area contributed by atoms with Crippen molar-refractivity contribution in [1.82, 2.24) is 29.4 Å². The van der Waals surface area contributed by atoms with Crippen LogP contribution in [0.2, 0.25) is 0 Å². The maximum Gasteiger partial charge on any atom is 0.0593 e. The van der Waals surface area contributed by atoms with E-state index in [1.807, 2.05) is 0 Å². The van der Waals surface area contributed by atoms with Gasteiger partial charge in [-0.15, -0.1) is 0 Å². The highest BCUT2D eigenvalue weighted by Crippen LogP contribution is 2.04. The van der Waals surface area contributed by atoms with Gasteiger partial charge in [0.05, 0.1) is 52.9 Å². The Morgan fingerprint density at radius 2 is 0.264 bits per heavy atom. The molecule has 0 saturated heterocycles. The van der Waals surface area contributed by atoms with Gasteiger partial charge in [0.1, 0.15) is 0 Å². The lowest BCUT2D eigenvalue weighted by Gasteiger charge is -2.34. The molecule has 72 heavy (non-hydrogen) atoms. The van der Waals surface area contributed by atoms with Crippen LogP contribution in [0.4, 0.5) is 0 Å². The highest BCUT2D eigenvalue weighted by molar-refractivity contribution is 4.73. The van der Waals surface area contributed by atoms with Crippen molar-refractivity contribution in [2.75, 3.05) is 276 Å². The molecule has 0 spiro atoms. The van der Waals surface area contributed by atoms with Gasteiger partial charge in [-0.25, -0.2) is 0 Å². The van der Waals surface area contributed by atoms with Gasteiger partial charge in [0.15, 0.2) is 0 Å². The first-order valence-electron chi connectivity index (χ1n) is 27.3. The van der Waals surface area contributed by atoms with Crippen LogP contribution in [0.3, 0.4) is 0 Å². The van der Waals surface area contributed by atoms with Gasteiger partial charge < -0.3 is 78.7 Å². The van der Waals surface area contributed by atoms with Crippen LogP contribution in [0.1, 0.15) is 51.4 Å². The number of aliphatic hydroxyl groups is 8. The Morgan fingerprint density at radius 1 is 0.153 bits per heavy atom. The van der Waals surface area contributed by atoms with E-state index in [0.29, 0.717) is 209 Å². The first-order chi connectivity index (χ1) is 35.5. The first kappa shape index (κ1) is 71.1. The number of hydrogen-bond donors (Lipinski definition) is 8. The van der Waals surface area contributed by atoms with Crippen molar-refractivity contribution < 1.29 is 78.7 Å². The summed E-state index contributed by atoms with van der Waals surface area (Å²) in [5.74, 6) is 0. The Morgan fingerprint density at radius 3 is 0.375 bits per heavy atom. The molecule has 22 nitrogen and oxygen atoms in total. The fourth-order valence-electron chi connectivity index (χ4n) is 7.13. The van der Waals surface area contributed by atoms with Crippen LogP contribution in [0, 0.1) is 0 Å². The molecule has 434 valence electrons. The van der Waals surface area contributed by atoms with Gasteiger partial charge in [0, 0.05) is 224 Å². The lowest BCUT2D eigenvalue weighted by molar-refractivity contribution is 0.0495. The molecule has 0 rings (SSSR count). The Kier molecular flexibility index (Phi) is 58.6. The van der Waals surface area contributed by atoms with Crippen LogP contribution in [0.15, 0.2) is 0 Å². The highest BCUT2D eigenvalue weighted by Gasteiger charge is 2.18. The predicted octanol–water partition coefficient (Wildman–Crippen LogP) is -2.01. The Balaban J connectivity index is 6.61. The van der Waals surface area contributed by atoms with Crippen molar-refractivity contribution in [3.05, 3.63) is 0 Å². The third-order valence-corrected chi connectivity index (χ3v) is 11.7. The molecule has 0 amide bonds. The molecule has 0 aromatic heterocycles. The molecule has 0 aliphatic heterocycles. The summed E-state index contributed by atoms with van der Waals surface area (Å²) in [5, 5.41) is 74.3. The molecule has 0 heterocycles. The van der Waals surface area contributed by atoms with Crippen molar-refractivity contribution in [3.63, 3.8) is 0 Å². The van der Waals surface area contributed by atoms with E-state index in [0.717, 1.165) is 65.4 Å². The summed E-state index contributed by atoms with van der Waals surface area (Å²) in [6.45, 7) is 22.6. The van der Waals surface area contributed by atoms with E-state index in [4.69, 9.17) is 37.9 Å². The minimum Gasteiger partial charge on any atom is -0.396 e. The summed E-state index contributed by atoms with van der Waals surface area (Å²) in [4.78, 5) is 14.5. The summed E-state index contributed by atoms with van der Waals surface area (Å²) in [5.41, 5.74) is 0. The molecule has 0 aromatic rings. The standard InChI is InChI=1S/C50H108N6O16/c57-27-1-35-65-43-19-53(20-44-66-36-2-28-58)15-11-51(12-16-54(21-45-67-37-3-29-59)22-46-68-38-4-30-60)9-10-52(13-17-55(23-47-69-39-5-31-61)24-48-70-40-6-32-62)14-18-56(25-49-71-41-7-33-63)26-50-72-42-8-34-64/h57-64H,1-50H2. The number of hydrogen-bond acceptors (Lipinski definition) is 22. The second-order valence-electron chi connectivity index (χ2n) is 17.6. The van der Waals surface area contributed by atoms with E-state index in [1.165, 1.54) is 0 Å². The van der Waals surface area contributed by atoms with Gasteiger partial charge in [-0.05, 0) is 51.4 Å². The zero-order chi connectivity index (χ0) is 52.5. The number of aliphatic hydroxyl groups excluding tert-OH is 8. The SMILES string of the molecule is OCCCOCCN(CCOCCCO)CCN(CCN(CCOCCCO)CCOCCCO)CCN(CCN(CCOCCCO)CCOCCCO)CCN(CCOCCCO)CCOCCCO. The van der Waals surface area contributed by atoms with E-state index in [9.17, 15) is 40.9 Å². The second kappa shape index (κ2) is 59.4. The van der Waals surface area contributed by atoms with Crippen molar-refractivity contribution in [1.29, 1.82) is 0 Å². The Bertz CT molecular complexity index is 828. The van der Waals surface area contributed by atoms with E-state index in [-0.39, 0.29) is 52.9 Å². The highest BCUT2D eigenvalue weighted by atomic mass is 16.5. The maximum absolute atomic E-state index is 9.29. The molecular weight excluding hydrogens is 941 g/mol.